The van der Waals surface area contributed by atoms with Gasteiger partial charge in [0.25, 0.3) is 0 Å². The maximum absolute atomic E-state index is 12.1. The molecule has 1 aromatic rings. The van der Waals surface area contributed by atoms with E-state index in [1.54, 1.807) is 0 Å². The summed E-state index contributed by atoms with van der Waals surface area (Å²) in [5.41, 5.74) is -1.03. The lowest BCUT2D eigenvalue weighted by molar-refractivity contribution is -0.138. The lowest BCUT2D eigenvalue weighted by Crippen LogP contribution is -2.05. The van der Waals surface area contributed by atoms with E-state index in [0.717, 1.165) is 12.1 Å². The molecular weight excluding hydrogens is 185 g/mol. The summed E-state index contributed by atoms with van der Waals surface area (Å²) >= 11 is 0. The third kappa shape index (κ3) is 1.68. The number of phenolic OH excluding ortho intramolecular Hbond substituents is 2. The average molecular weight is 192 g/mol. The van der Waals surface area contributed by atoms with Gasteiger partial charge in [0.1, 0.15) is 5.56 Å². The topological polar surface area (TPSA) is 40.5 Å². The summed E-state index contributed by atoms with van der Waals surface area (Å²) in [6.45, 7) is 1.40. The number of alkyl halides is 3. The molecule has 2 nitrogen and oxygen atoms in total. The van der Waals surface area contributed by atoms with Gasteiger partial charge in [-0.1, -0.05) is 6.07 Å². The maximum Gasteiger partial charge on any atom is 0.420 e. The average Bonchev–Trinajstić information content (AvgIpc) is 1.98. The molecule has 0 saturated heterocycles. The van der Waals surface area contributed by atoms with E-state index in [9.17, 15) is 13.2 Å². The molecule has 1 rings (SSSR count). The van der Waals surface area contributed by atoms with Crippen molar-refractivity contribution in [2.24, 2.45) is 0 Å². The van der Waals surface area contributed by atoms with Crippen LogP contribution in [0.4, 0.5) is 13.2 Å². The van der Waals surface area contributed by atoms with Crippen LogP contribution in [0.15, 0.2) is 12.1 Å². The van der Waals surface area contributed by atoms with E-state index in [1.807, 2.05) is 0 Å². The Balaban J connectivity index is 3.35. The summed E-state index contributed by atoms with van der Waals surface area (Å²) in [6.07, 6.45) is -4.64. The Labute approximate surface area is 72.2 Å². The number of aromatic hydroxyl groups is 2. The first-order valence-electron chi connectivity index (χ1n) is 3.42. The third-order valence-electron chi connectivity index (χ3n) is 1.66. The summed E-state index contributed by atoms with van der Waals surface area (Å²) in [7, 11) is 0. The first kappa shape index (κ1) is 9.70. The number of hydrogen-bond donors (Lipinski definition) is 2. The van der Waals surface area contributed by atoms with Gasteiger partial charge in [-0.25, -0.2) is 0 Å². The molecular formula is C8H7F3O2. The minimum atomic E-state index is -4.64. The molecule has 0 atom stereocenters. The Morgan fingerprint density at radius 2 is 1.62 bits per heavy atom. The van der Waals surface area contributed by atoms with Gasteiger partial charge >= 0.3 is 6.18 Å². The predicted octanol–water partition coefficient (Wildman–Crippen LogP) is 2.43. The Morgan fingerprint density at radius 1 is 1.08 bits per heavy atom. The highest BCUT2D eigenvalue weighted by atomic mass is 19.4. The van der Waals surface area contributed by atoms with Crippen molar-refractivity contribution in [3.05, 3.63) is 23.3 Å². The van der Waals surface area contributed by atoms with Gasteiger partial charge in [-0.2, -0.15) is 13.2 Å². The number of hydrogen-bond acceptors (Lipinski definition) is 2. The molecule has 0 aliphatic heterocycles. The van der Waals surface area contributed by atoms with Crippen molar-refractivity contribution in [3.8, 4) is 11.5 Å². The molecule has 0 aliphatic rings. The molecule has 0 fully saturated rings. The molecule has 13 heavy (non-hydrogen) atoms. The van der Waals surface area contributed by atoms with Crippen molar-refractivity contribution in [2.75, 3.05) is 0 Å². The first-order chi connectivity index (χ1) is 5.84. The number of phenols is 2. The lowest BCUT2D eigenvalue weighted by atomic mass is 10.1. The SMILES string of the molecule is Cc1ccc(C(F)(F)F)c(O)c1O. The van der Waals surface area contributed by atoms with Crippen LogP contribution in [0.3, 0.4) is 0 Å². The molecule has 1 aromatic carbocycles. The smallest absolute Gasteiger partial charge is 0.420 e. The predicted molar refractivity (Wildman–Crippen MR) is 39.5 cm³/mol. The zero-order valence-corrected chi connectivity index (χ0v) is 6.68. The Hall–Kier alpha value is -1.39. The molecule has 0 amide bonds. The largest absolute Gasteiger partial charge is 0.504 e. The van der Waals surface area contributed by atoms with Gasteiger partial charge in [0, 0.05) is 0 Å². The number of benzene rings is 1. The van der Waals surface area contributed by atoms with Crippen molar-refractivity contribution in [3.63, 3.8) is 0 Å². The van der Waals surface area contributed by atoms with Gasteiger partial charge in [0.05, 0.1) is 0 Å². The van der Waals surface area contributed by atoms with Gasteiger partial charge in [-0.15, -0.1) is 0 Å². The van der Waals surface area contributed by atoms with Crippen molar-refractivity contribution >= 4 is 0 Å². The summed E-state index contributed by atoms with van der Waals surface area (Å²) in [5.74, 6) is -1.85. The minimum absolute atomic E-state index is 0.200. The van der Waals surface area contributed by atoms with Crippen molar-refractivity contribution in [2.45, 2.75) is 13.1 Å². The van der Waals surface area contributed by atoms with E-state index in [0.29, 0.717) is 0 Å². The zero-order valence-electron chi connectivity index (χ0n) is 6.68. The second-order valence-electron chi connectivity index (χ2n) is 2.62. The normalized spacial score (nSPS) is 11.7. The van der Waals surface area contributed by atoms with E-state index in [1.165, 1.54) is 6.92 Å². The molecule has 0 spiro atoms. The van der Waals surface area contributed by atoms with Gasteiger partial charge in [0.15, 0.2) is 11.5 Å². The Morgan fingerprint density at radius 3 is 2.08 bits per heavy atom. The molecule has 0 radical (unpaired) electrons. The van der Waals surface area contributed by atoms with Crippen molar-refractivity contribution < 1.29 is 23.4 Å². The molecule has 5 heteroatoms. The van der Waals surface area contributed by atoms with Gasteiger partial charge < -0.3 is 10.2 Å². The molecule has 2 N–H and O–H groups in total. The van der Waals surface area contributed by atoms with Gasteiger partial charge in [0.2, 0.25) is 0 Å². The van der Waals surface area contributed by atoms with Crippen LogP contribution in [-0.2, 0) is 6.18 Å². The Kier molecular flexibility index (Phi) is 2.11. The fourth-order valence-corrected chi connectivity index (χ4v) is 0.909. The fourth-order valence-electron chi connectivity index (χ4n) is 0.909. The van der Waals surface area contributed by atoms with Crippen molar-refractivity contribution in [1.82, 2.24) is 0 Å². The van der Waals surface area contributed by atoms with Crippen LogP contribution in [0.2, 0.25) is 0 Å². The molecule has 0 bridgehead atoms. The van der Waals surface area contributed by atoms with E-state index in [-0.39, 0.29) is 5.56 Å². The van der Waals surface area contributed by atoms with Crippen LogP contribution >= 0.6 is 0 Å². The van der Waals surface area contributed by atoms with E-state index < -0.39 is 23.2 Å². The second-order valence-corrected chi connectivity index (χ2v) is 2.62. The van der Waals surface area contributed by atoms with Gasteiger partial charge in [-0.3, -0.25) is 0 Å². The van der Waals surface area contributed by atoms with Crippen LogP contribution in [0.5, 0.6) is 11.5 Å². The first-order valence-corrected chi connectivity index (χ1v) is 3.42. The lowest BCUT2D eigenvalue weighted by Gasteiger charge is -2.10. The standard InChI is InChI=1S/C8H7F3O2/c1-4-2-3-5(8(9,10)11)7(13)6(4)12/h2-3,12-13H,1H3. The van der Waals surface area contributed by atoms with E-state index in [4.69, 9.17) is 10.2 Å². The monoisotopic (exact) mass is 192 g/mol. The third-order valence-corrected chi connectivity index (χ3v) is 1.66. The number of halogens is 3. The minimum Gasteiger partial charge on any atom is -0.504 e. The molecule has 0 saturated carbocycles. The highest BCUT2D eigenvalue weighted by Gasteiger charge is 2.35. The van der Waals surface area contributed by atoms with Crippen LogP contribution in [0.1, 0.15) is 11.1 Å². The maximum atomic E-state index is 12.1. The molecule has 0 aliphatic carbocycles. The zero-order chi connectivity index (χ0) is 10.2. The molecule has 0 heterocycles. The van der Waals surface area contributed by atoms with E-state index >= 15 is 0 Å². The fraction of sp³-hybridized carbons (Fsp3) is 0.250. The number of aryl methyl sites for hydroxylation is 1. The summed E-state index contributed by atoms with van der Waals surface area (Å²) in [4.78, 5) is 0. The molecule has 0 aromatic heterocycles. The van der Waals surface area contributed by atoms with E-state index in [2.05, 4.69) is 0 Å². The summed E-state index contributed by atoms with van der Waals surface area (Å²) < 4.78 is 36.3. The Bertz CT molecular complexity index is 331. The summed E-state index contributed by atoms with van der Waals surface area (Å²) in [5, 5.41) is 17.9. The molecule has 0 unspecified atom stereocenters. The quantitative estimate of drug-likeness (QED) is 0.619. The van der Waals surface area contributed by atoms with Crippen LogP contribution in [0, 0.1) is 6.92 Å². The molecule has 72 valence electrons. The highest BCUT2D eigenvalue weighted by Crippen LogP contribution is 2.41. The van der Waals surface area contributed by atoms with Crippen LogP contribution in [0.25, 0.3) is 0 Å². The number of rotatable bonds is 0. The van der Waals surface area contributed by atoms with Gasteiger partial charge in [-0.05, 0) is 18.6 Å². The summed E-state index contributed by atoms with van der Waals surface area (Å²) in [6, 6.07) is 1.82. The van der Waals surface area contributed by atoms with Crippen molar-refractivity contribution in [1.29, 1.82) is 0 Å². The van der Waals surface area contributed by atoms with Crippen LogP contribution < -0.4 is 0 Å². The van der Waals surface area contributed by atoms with Crippen LogP contribution in [-0.4, -0.2) is 10.2 Å². The highest BCUT2D eigenvalue weighted by molar-refractivity contribution is 5.50. The second kappa shape index (κ2) is 2.83.